The van der Waals surface area contributed by atoms with Gasteiger partial charge < -0.3 is 10.4 Å². The van der Waals surface area contributed by atoms with E-state index in [2.05, 4.69) is 21.2 Å². The van der Waals surface area contributed by atoms with Crippen LogP contribution in [0.2, 0.25) is 0 Å². The Bertz CT molecular complexity index is 861. The van der Waals surface area contributed by atoms with Gasteiger partial charge in [0, 0.05) is 15.7 Å². The number of rotatable bonds is 5. The van der Waals surface area contributed by atoms with E-state index in [1.54, 1.807) is 6.07 Å². The van der Waals surface area contributed by atoms with E-state index >= 15 is 0 Å². The number of nitrogens with one attached hydrogen (secondary N) is 1. The molecule has 26 heavy (non-hydrogen) atoms. The lowest BCUT2D eigenvalue weighted by Gasteiger charge is -2.32. The maximum Gasteiger partial charge on any atom is 0.239 e. The highest BCUT2D eigenvalue weighted by molar-refractivity contribution is 9.10. The molecular weight excluding hydrogens is 414 g/mol. The van der Waals surface area contributed by atoms with Gasteiger partial charge in [-0.3, -0.25) is 4.79 Å². The first-order chi connectivity index (χ1) is 12.6. The van der Waals surface area contributed by atoms with E-state index in [1.165, 1.54) is 0 Å². The summed E-state index contributed by atoms with van der Waals surface area (Å²) in [5, 5.41) is 14.7. The Labute approximate surface area is 165 Å². The summed E-state index contributed by atoms with van der Waals surface area (Å²) >= 11 is 9.12. The van der Waals surface area contributed by atoms with Gasteiger partial charge in [-0.05, 0) is 29.3 Å². The summed E-state index contributed by atoms with van der Waals surface area (Å²) in [5.74, 6) is -0.497. The van der Waals surface area contributed by atoms with Gasteiger partial charge in [0.15, 0.2) is 0 Å². The van der Waals surface area contributed by atoms with E-state index < -0.39 is 5.60 Å². The van der Waals surface area contributed by atoms with Crippen LogP contribution in [0, 0.1) is 0 Å². The van der Waals surface area contributed by atoms with Gasteiger partial charge in [-0.2, -0.15) is 0 Å². The Kier molecular flexibility index (Phi) is 5.77. The number of benzene rings is 3. The molecule has 0 aliphatic carbocycles. The highest BCUT2D eigenvalue weighted by Gasteiger charge is 2.36. The topological polar surface area (TPSA) is 49.3 Å². The number of hydrogen-bond donors (Lipinski definition) is 2. The molecule has 0 spiro atoms. The van der Waals surface area contributed by atoms with Gasteiger partial charge >= 0.3 is 0 Å². The number of carbonyl (C=O) groups excluding carboxylic acids is 1. The lowest BCUT2D eigenvalue weighted by molar-refractivity contribution is -0.113. The van der Waals surface area contributed by atoms with Crippen molar-refractivity contribution in [1.82, 2.24) is 0 Å². The minimum atomic E-state index is -1.44. The van der Waals surface area contributed by atoms with Crippen molar-refractivity contribution in [2.45, 2.75) is 5.60 Å². The largest absolute Gasteiger partial charge is 0.376 e. The minimum absolute atomic E-state index is 0.162. The fourth-order valence-electron chi connectivity index (χ4n) is 2.94. The second-order valence-corrected chi connectivity index (χ2v) is 7.00. The second-order valence-electron chi connectivity index (χ2n) is 5.81. The average Bonchev–Trinajstić information content (AvgIpc) is 2.70. The lowest BCUT2D eigenvalue weighted by atomic mass is 9.79. The normalized spacial score (nSPS) is 11.2. The first kappa shape index (κ1) is 18.6. The highest BCUT2D eigenvalue weighted by atomic mass is 79.9. The molecular formula is C21H17BrClNO2. The van der Waals surface area contributed by atoms with Gasteiger partial charge in [-0.1, -0.05) is 76.6 Å². The van der Waals surface area contributed by atoms with Gasteiger partial charge in [-0.15, -0.1) is 11.6 Å². The van der Waals surface area contributed by atoms with Crippen LogP contribution in [0.5, 0.6) is 0 Å². The molecule has 0 aliphatic heterocycles. The van der Waals surface area contributed by atoms with Crippen LogP contribution in [0.1, 0.15) is 16.7 Å². The molecule has 3 nitrogen and oxygen atoms in total. The van der Waals surface area contributed by atoms with Crippen molar-refractivity contribution in [3.63, 3.8) is 0 Å². The summed E-state index contributed by atoms with van der Waals surface area (Å²) in [6.45, 7) is 0. The number of carbonyl (C=O) groups is 1. The predicted octanol–water partition coefficient (Wildman–Crippen LogP) is 4.91. The van der Waals surface area contributed by atoms with Gasteiger partial charge in [0.05, 0.1) is 0 Å². The third kappa shape index (κ3) is 3.68. The van der Waals surface area contributed by atoms with Crippen LogP contribution in [-0.4, -0.2) is 16.9 Å². The van der Waals surface area contributed by atoms with Crippen molar-refractivity contribution in [2.24, 2.45) is 0 Å². The Balaban J connectivity index is 2.27. The monoisotopic (exact) mass is 429 g/mol. The Morgan fingerprint density at radius 2 is 1.50 bits per heavy atom. The van der Waals surface area contributed by atoms with Gasteiger partial charge in [0.1, 0.15) is 11.5 Å². The highest BCUT2D eigenvalue weighted by Crippen LogP contribution is 2.41. The first-order valence-electron chi connectivity index (χ1n) is 8.05. The number of hydrogen-bond acceptors (Lipinski definition) is 2. The van der Waals surface area contributed by atoms with Crippen molar-refractivity contribution in [2.75, 3.05) is 11.2 Å². The summed E-state index contributed by atoms with van der Waals surface area (Å²) in [4.78, 5) is 11.9. The van der Waals surface area contributed by atoms with Crippen molar-refractivity contribution in [1.29, 1.82) is 0 Å². The molecule has 1 amide bonds. The van der Waals surface area contributed by atoms with Gasteiger partial charge in [-0.25, -0.2) is 0 Å². The first-order valence-corrected chi connectivity index (χ1v) is 9.37. The van der Waals surface area contributed by atoms with E-state index in [4.69, 9.17) is 11.6 Å². The summed E-state index contributed by atoms with van der Waals surface area (Å²) in [6, 6.07) is 24.1. The molecule has 0 saturated carbocycles. The van der Waals surface area contributed by atoms with Crippen molar-refractivity contribution in [3.05, 3.63) is 100 Å². The lowest BCUT2D eigenvalue weighted by Crippen LogP contribution is -2.30. The molecule has 2 N–H and O–H groups in total. The maximum absolute atomic E-state index is 11.9. The van der Waals surface area contributed by atoms with Crippen molar-refractivity contribution in [3.8, 4) is 0 Å². The predicted molar refractivity (Wildman–Crippen MR) is 108 cm³/mol. The molecule has 0 saturated heterocycles. The van der Waals surface area contributed by atoms with E-state index in [-0.39, 0.29) is 11.8 Å². The van der Waals surface area contributed by atoms with E-state index in [9.17, 15) is 9.90 Å². The smallest absolute Gasteiger partial charge is 0.239 e. The Hall–Kier alpha value is -2.14. The van der Waals surface area contributed by atoms with Crippen LogP contribution in [-0.2, 0) is 10.4 Å². The Morgan fingerprint density at radius 1 is 0.962 bits per heavy atom. The van der Waals surface area contributed by atoms with Crippen LogP contribution in [0.4, 0.5) is 5.69 Å². The number of anilines is 1. The Morgan fingerprint density at radius 3 is 2.00 bits per heavy atom. The zero-order chi connectivity index (χ0) is 18.6. The molecule has 132 valence electrons. The summed E-state index contributed by atoms with van der Waals surface area (Å²) in [5.41, 5.74) is 1.02. The number of amides is 1. The van der Waals surface area contributed by atoms with Crippen LogP contribution in [0.25, 0.3) is 0 Å². The summed E-state index contributed by atoms with van der Waals surface area (Å²) in [6.07, 6.45) is 0. The zero-order valence-corrected chi connectivity index (χ0v) is 16.2. The fraction of sp³-hybridized carbons (Fsp3) is 0.0952. The zero-order valence-electron chi connectivity index (χ0n) is 13.8. The molecule has 5 heteroatoms. The summed E-state index contributed by atoms with van der Waals surface area (Å²) < 4.78 is 0.793. The van der Waals surface area contributed by atoms with Crippen LogP contribution >= 0.6 is 27.5 Å². The standard InChI is InChI=1S/C21H17BrClNO2/c22-17-11-12-19(24-20(25)14-23)18(13-17)21(26,15-7-3-1-4-8-15)16-9-5-2-6-10-16/h1-13,26H,14H2,(H,24,25). The molecule has 0 heterocycles. The van der Waals surface area contributed by atoms with Crippen LogP contribution in [0.15, 0.2) is 83.3 Å². The SMILES string of the molecule is O=C(CCl)Nc1ccc(Br)cc1C(O)(c1ccccc1)c1ccccc1. The van der Waals surface area contributed by atoms with E-state index in [0.717, 1.165) is 4.47 Å². The average molecular weight is 431 g/mol. The quantitative estimate of drug-likeness (QED) is 0.446. The minimum Gasteiger partial charge on any atom is -0.376 e. The number of halogens is 2. The molecule has 0 fully saturated rings. The van der Waals surface area contributed by atoms with E-state index in [1.807, 2.05) is 72.8 Å². The molecule has 3 aromatic carbocycles. The molecule has 0 atom stereocenters. The fourth-order valence-corrected chi connectivity index (χ4v) is 3.37. The molecule has 3 rings (SSSR count). The molecule has 3 aromatic rings. The molecule has 0 aliphatic rings. The molecule has 0 radical (unpaired) electrons. The molecule has 0 aromatic heterocycles. The third-order valence-electron chi connectivity index (χ3n) is 4.15. The van der Waals surface area contributed by atoms with Crippen LogP contribution < -0.4 is 5.32 Å². The number of alkyl halides is 1. The van der Waals surface area contributed by atoms with Crippen LogP contribution in [0.3, 0.4) is 0 Å². The van der Waals surface area contributed by atoms with Gasteiger partial charge in [0.2, 0.25) is 5.91 Å². The summed E-state index contributed by atoms with van der Waals surface area (Å²) in [7, 11) is 0. The maximum atomic E-state index is 11.9. The third-order valence-corrected chi connectivity index (χ3v) is 4.89. The van der Waals surface area contributed by atoms with Crippen molar-refractivity contribution < 1.29 is 9.90 Å². The number of aliphatic hydroxyl groups is 1. The van der Waals surface area contributed by atoms with Gasteiger partial charge in [0.25, 0.3) is 0 Å². The van der Waals surface area contributed by atoms with Crippen molar-refractivity contribution >= 4 is 39.1 Å². The molecule has 0 unspecified atom stereocenters. The second kappa shape index (κ2) is 8.04. The van der Waals surface area contributed by atoms with E-state index in [0.29, 0.717) is 22.4 Å². The molecule has 0 bridgehead atoms.